The van der Waals surface area contributed by atoms with E-state index < -0.39 is 10.0 Å². The first-order valence-electron chi connectivity index (χ1n) is 6.05. The highest BCUT2D eigenvalue weighted by atomic mass is 35.5. The van der Waals surface area contributed by atoms with Gasteiger partial charge in [-0.25, -0.2) is 13.1 Å². The third-order valence-electron chi connectivity index (χ3n) is 3.33. The van der Waals surface area contributed by atoms with Crippen LogP contribution in [-0.2, 0) is 10.0 Å². The van der Waals surface area contributed by atoms with Crippen LogP contribution in [0.3, 0.4) is 0 Å². The first-order chi connectivity index (χ1) is 8.90. The van der Waals surface area contributed by atoms with Gasteiger partial charge in [0.05, 0.1) is 5.02 Å². The van der Waals surface area contributed by atoms with Crippen LogP contribution in [0, 0.1) is 0 Å². The number of halogens is 1. The molecule has 0 bridgehead atoms. The molecular formula is C12H19ClN2O2S2. The van der Waals surface area contributed by atoms with Gasteiger partial charge < -0.3 is 0 Å². The molecule has 108 valence electrons. The first-order valence-corrected chi connectivity index (χ1v) is 9.13. The molecule has 7 heteroatoms. The summed E-state index contributed by atoms with van der Waals surface area (Å²) in [6.07, 6.45) is 6.52. The van der Waals surface area contributed by atoms with Gasteiger partial charge in [-0.05, 0) is 25.2 Å². The van der Waals surface area contributed by atoms with Gasteiger partial charge >= 0.3 is 0 Å². The lowest BCUT2D eigenvalue weighted by Crippen LogP contribution is -2.39. The topological polar surface area (TPSA) is 59.1 Å². The van der Waals surface area contributed by atoms with Crippen LogP contribution >= 0.6 is 23.4 Å². The Hall–Kier alpha value is -0.300. The van der Waals surface area contributed by atoms with Gasteiger partial charge in [0.15, 0.2) is 0 Å². The summed E-state index contributed by atoms with van der Waals surface area (Å²) < 4.78 is 27.0. The van der Waals surface area contributed by atoms with Gasteiger partial charge in [0.25, 0.3) is 0 Å². The van der Waals surface area contributed by atoms with Crippen LogP contribution in [0.25, 0.3) is 0 Å². The van der Waals surface area contributed by atoms with Crippen molar-refractivity contribution in [1.29, 1.82) is 0 Å². The van der Waals surface area contributed by atoms with Gasteiger partial charge in [0.1, 0.15) is 4.90 Å². The van der Waals surface area contributed by atoms with Crippen molar-refractivity contribution in [1.82, 2.24) is 9.71 Å². The molecule has 1 aromatic heterocycles. The van der Waals surface area contributed by atoms with Crippen molar-refractivity contribution < 1.29 is 8.42 Å². The molecular weight excluding hydrogens is 304 g/mol. The average Bonchev–Trinajstić information content (AvgIpc) is 2.41. The van der Waals surface area contributed by atoms with Crippen molar-refractivity contribution in [2.24, 2.45) is 0 Å². The summed E-state index contributed by atoms with van der Waals surface area (Å²) in [6, 6.07) is 1.47. The number of nitrogens with zero attached hydrogens (tertiary/aromatic N) is 1. The Labute approximate surface area is 124 Å². The molecule has 0 fully saturated rings. The van der Waals surface area contributed by atoms with E-state index in [1.807, 2.05) is 6.26 Å². The maximum atomic E-state index is 12.2. The van der Waals surface area contributed by atoms with E-state index in [1.54, 1.807) is 11.8 Å². The Balaban J connectivity index is 2.90. The van der Waals surface area contributed by atoms with Gasteiger partial charge in [-0.15, -0.1) is 0 Å². The minimum Gasteiger partial charge on any atom is -0.263 e. The molecule has 0 aliphatic carbocycles. The summed E-state index contributed by atoms with van der Waals surface area (Å²) in [5, 5.41) is 0.185. The fraction of sp³-hybridized carbons (Fsp3) is 0.583. The van der Waals surface area contributed by atoms with Crippen LogP contribution in [0.2, 0.25) is 5.02 Å². The van der Waals surface area contributed by atoms with Crippen molar-refractivity contribution >= 4 is 33.4 Å². The van der Waals surface area contributed by atoms with Crippen molar-refractivity contribution in [3.63, 3.8) is 0 Å². The fourth-order valence-corrected chi connectivity index (χ4v) is 4.17. The van der Waals surface area contributed by atoms with E-state index >= 15 is 0 Å². The summed E-state index contributed by atoms with van der Waals surface area (Å²) in [4.78, 5) is 3.83. The highest BCUT2D eigenvalue weighted by Gasteiger charge is 2.28. The van der Waals surface area contributed by atoms with Crippen LogP contribution in [0.1, 0.15) is 26.7 Å². The predicted octanol–water partition coefficient (Wildman–Crippen LogP) is 2.94. The highest BCUT2D eigenvalue weighted by molar-refractivity contribution is 8.00. The normalized spacial score (nSPS) is 12.6. The molecule has 0 radical (unpaired) electrons. The molecule has 0 saturated carbocycles. The lowest BCUT2D eigenvalue weighted by molar-refractivity contribution is 0.522. The Morgan fingerprint density at radius 3 is 2.53 bits per heavy atom. The number of rotatable bonds is 7. The van der Waals surface area contributed by atoms with Crippen molar-refractivity contribution in [3.8, 4) is 0 Å². The van der Waals surface area contributed by atoms with Crippen molar-refractivity contribution in [3.05, 3.63) is 23.5 Å². The third-order valence-corrected chi connectivity index (χ3v) is 6.79. The monoisotopic (exact) mass is 322 g/mol. The zero-order chi connectivity index (χ0) is 14.5. The van der Waals surface area contributed by atoms with Gasteiger partial charge in [0.2, 0.25) is 10.0 Å². The van der Waals surface area contributed by atoms with E-state index in [9.17, 15) is 8.42 Å². The van der Waals surface area contributed by atoms with Crippen LogP contribution in [0.15, 0.2) is 23.4 Å². The summed E-state index contributed by atoms with van der Waals surface area (Å²) in [5.41, 5.74) is 0. The Bertz CT molecular complexity index is 508. The zero-order valence-electron chi connectivity index (χ0n) is 11.3. The summed E-state index contributed by atoms with van der Waals surface area (Å²) in [5.74, 6) is 0. The van der Waals surface area contributed by atoms with Crippen LogP contribution in [0.4, 0.5) is 0 Å². The quantitative estimate of drug-likeness (QED) is 0.838. The summed E-state index contributed by atoms with van der Waals surface area (Å²) >= 11 is 7.58. The summed E-state index contributed by atoms with van der Waals surface area (Å²) in [7, 11) is -3.61. The number of hydrogen-bond donors (Lipinski definition) is 1. The van der Waals surface area contributed by atoms with E-state index in [1.165, 1.54) is 18.5 Å². The highest BCUT2D eigenvalue weighted by Crippen LogP contribution is 2.30. The number of hydrogen-bond acceptors (Lipinski definition) is 4. The first kappa shape index (κ1) is 16.8. The number of aromatic nitrogens is 1. The summed E-state index contributed by atoms with van der Waals surface area (Å²) in [6.45, 7) is 4.51. The molecule has 0 aliphatic heterocycles. The van der Waals surface area contributed by atoms with Crippen molar-refractivity contribution in [2.75, 3.05) is 12.8 Å². The van der Waals surface area contributed by atoms with Gasteiger partial charge in [0, 0.05) is 23.7 Å². The molecule has 1 aromatic rings. The molecule has 19 heavy (non-hydrogen) atoms. The van der Waals surface area contributed by atoms with Crippen LogP contribution in [0.5, 0.6) is 0 Å². The van der Waals surface area contributed by atoms with E-state index in [0.717, 1.165) is 12.8 Å². The van der Waals surface area contributed by atoms with Crippen molar-refractivity contribution in [2.45, 2.75) is 36.3 Å². The lowest BCUT2D eigenvalue weighted by atomic mass is 10.0. The van der Waals surface area contributed by atoms with Gasteiger partial charge in [-0.1, -0.05) is 25.4 Å². The molecule has 0 aromatic carbocycles. The molecule has 0 aliphatic rings. The standard InChI is InChI=1S/C12H19ClN2O2S2/c1-4-12(5-2,18-3)9-15-19(16,17)11-8-14-7-6-10(11)13/h6-8,15H,4-5,9H2,1-3H3. The molecule has 0 saturated heterocycles. The van der Waals surface area contributed by atoms with Gasteiger partial charge in [-0.2, -0.15) is 11.8 Å². The van der Waals surface area contributed by atoms with Crippen LogP contribution in [-0.4, -0.2) is 30.9 Å². The Morgan fingerprint density at radius 1 is 1.42 bits per heavy atom. The molecule has 0 atom stereocenters. The number of thioether (sulfide) groups is 1. The van der Waals surface area contributed by atoms with Gasteiger partial charge in [-0.3, -0.25) is 4.98 Å². The van der Waals surface area contributed by atoms with E-state index in [-0.39, 0.29) is 14.7 Å². The average molecular weight is 323 g/mol. The molecule has 1 heterocycles. The molecule has 1 rings (SSSR count). The largest absolute Gasteiger partial charge is 0.263 e. The second-order valence-corrected chi connectivity index (χ2v) is 7.64. The molecule has 0 spiro atoms. The molecule has 0 amide bonds. The zero-order valence-corrected chi connectivity index (χ0v) is 13.7. The number of nitrogens with one attached hydrogen (secondary N) is 1. The van der Waals surface area contributed by atoms with E-state index in [4.69, 9.17) is 11.6 Å². The Morgan fingerprint density at radius 2 is 2.05 bits per heavy atom. The Kier molecular flexibility index (Phi) is 6.11. The second kappa shape index (κ2) is 6.92. The second-order valence-electron chi connectivity index (χ2n) is 4.22. The minimum absolute atomic E-state index is 0.0267. The molecule has 0 unspecified atom stereocenters. The third kappa shape index (κ3) is 4.08. The molecule has 4 nitrogen and oxygen atoms in total. The lowest BCUT2D eigenvalue weighted by Gasteiger charge is -2.29. The smallest absolute Gasteiger partial charge is 0.243 e. The minimum atomic E-state index is -3.61. The molecule has 1 N–H and O–H groups in total. The number of pyridine rings is 1. The fourth-order valence-electron chi connectivity index (χ4n) is 1.73. The predicted molar refractivity (Wildman–Crippen MR) is 81.3 cm³/mol. The SMILES string of the molecule is CCC(CC)(CNS(=O)(=O)c1cnccc1Cl)SC. The maximum Gasteiger partial charge on any atom is 0.243 e. The van der Waals surface area contributed by atoms with Crippen LogP contribution < -0.4 is 4.72 Å². The maximum absolute atomic E-state index is 12.2. The van der Waals surface area contributed by atoms with E-state index in [2.05, 4.69) is 23.6 Å². The van der Waals surface area contributed by atoms with E-state index in [0.29, 0.717) is 6.54 Å². The number of sulfonamides is 1.